The van der Waals surface area contributed by atoms with Gasteiger partial charge in [-0.2, -0.15) is 5.10 Å². The standard InChI is InChI=1S/C11H19N3S2/c1-2-3-4-5-6-7-8-16-11(15)14-10-12-9-13-14/h9-10H,2-8H2,1H3. The van der Waals surface area contributed by atoms with Gasteiger partial charge in [0.15, 0.2) is 4.32 Å². The molecule has 0 aromatic carbocycles. The van der Waals surface area contributed by atoms with E-state index < -0.39 is 0 Å². The number of unbranched alkanes of at least 4 members (excludes halogenated alkanes) is 5. The molecule has 0 spiro atoms. The topological polar surface area (TPSA) is 30.7 Å². The van der Waals surface area contributed by atoms with Crippen molar-refractivity contribution < 1.29 is 0 Å². The van der Waals surface area contributed by atoms with Gasteiger partial charge in [0.25, 0.3) is 0 Å². The lowest BCUT2D eigenvalue weighted by molar-refractivity contribution is 0.627. The zero-order chi connectivity index (χ0) is 11.6. The molecule has 0 N–H and O–H groups in total. The van der Waals surface area contributed by atoms with Crippen LogP contribution in [0.4, 0.5) is 0 Å². The maximum atomic E-state index is 5.22. The minimum Gasteiger partial charge on any atom is -0.223 e. The summed E-state index contributed by atoms with van der Waals surface area (Å²) in [7, 11) is 0. The van der Waals surface area contributed by atoms with Crippen molar-refractivity contribution in [3.63, 3.8) is 0 Å². The Labute approximate surface area is 107 Å². The van der Waals surface area contributed by atoms with Crippen molar-refractivity contribution in [1.29, 1.82) is 0 Å². The van der Waals surface area contributed by atoms with Crippen LogP contribution in [0.2, 0.25) is 0 Å². The van der Waals surface area contributed by atoms with Gasteiger partial charge in [0.2, 0.25) is 0 Å². The molecule has 0 radical (unpaired) electrons. The quantitative estimate of drug-likeness (QED) is 0.552. The van der Waals surface area contributed by atoms with Crippen LogP contribution >= 0.6 is 24.0 Å². The third-order valence-corrected chi connectivity index (χ3v) is 3.80. The van der Waals surface area contributed by atoms with Crippen molar-refractivity contribution in [2.75, 3.05) is 5.75 Å². The number of hydrogen-bond acceptors (Lipinski definition) is 4. The Morgan fingerprint density at radius 3 is 2.69 bits per heavy atom. The average Bonchev–Trinajstić information content (AvgIpc) is 2.81. The van der Waals surface area contributed by atoms with Crippen molar-refractivity contribution in [3.8, 4) is 0 Å². The molecule has 1 heterocycles. The van der Waals surface area contributed by atoms with Gasteiger partial charge in [-0.05, 0) is 6.42 Å². The normalized spacial score (nSPS) is 10.6. The van der Waals surface area contributed by atoms with E-state index in [1.807, 2.05) is 0 Å². The van der Waals surface area contributed by atoms with Crippen LogP contribution in [0.5, 0.6) is 0 Å². The van der Waals surface area contributed by atoms with Crippen LogP contribution in [-0.2, 0) is 0 Å². The van der Waals surface area contributed by atoms with Gasteiger partial charge in [-0.25, -0.2) is 9.67 Å². The Bertz CT molecular complexity index is 285. The smallest absolute Gasteiger partial charge is 0.163 e. The Kier molecular flexibility index (Phi) is 7.42. The van der Waals surface area contributed by atoms with E-state index >= 15 is 0 Å². The van der Waals surface area contributed by atoms with Gasteiger partial charge in [-0.1, -0.05) is 63.0 Å². The first-order valence-electron chi connectivity index (χ1n) is 5.86. The largest absolute Gasteiger partial charge is 0.223 e. The minimum atomic E-state index is 0.797. The molecule has 1 aromatic heterocycles. The van der Waals surface area contributed by atoms with Crippen molar-refractivity contribution in [2.45, 2.75) is 45.4 Å². The van der Waals surface area contributed by atoms with Crippen LogP contribution in [0.3, 0.4) is 0 Å². The maximum Gasteiger partial charge on any atom is 0.163 e. The molecule has 0 amide bonds. The molecule has 0 saturated heterocycles. The van der Waals surface area contributed by atoms with E-state index in [0.717, 1.165) is 10.1 Å². The minimum absolute atomic E-state index is 0.797. The summed E-state index contributed by atoms with van der Waals surface area (Å²) < 4.78 is 2.45. The van der Waals surface area contributed by atoms with Crippen LogP contribution in [-0.4, -0.2) is 24.8 Å². The zero-order valence-corrected chi connectivity index (χ0v) is 11.4. The van der Waals surface area contributed by atoms with E-state index in [-0.39, 0.29) is 0 Å². The first-order chi connectivity index (χ1) is 7.84. The lowest BCUT2D eigenvalue weighted by Crippen LogP contribution is -2.05. The van der Waals surface area contributed by atoms with E-state index in [2.05, 4.69) is 17.0 Å². The van der Waals surface area contributed by atoms with Gasteiger partial charge in [-0.3, -0.25) is 0 Å². The SMILES string of the molecule is CCCCCCCCSC(=S)n1cncn1. The first-order valence-corrected chi connectivity index (χ1v) is 7.25. The number of rotatable bonds is 7. The van der Waals surface area contributed by atoms with Crippen LogP contribution in [0, 0.1) is 0 Å². The molecule has 5 heteroatoms. The van der Waals surface area contributed by atoms with Gasteiger partial charge < -0.3 is 0 Å². The van der Waals surface area contributed by atoms with Crippen LogP contribution in [0.25, 0.3) is 0 Å². The molecule has 0 aliphatic heterocycles. The van der Waals surface area contributed by atoms with Crippen LogP contribution < -0.4 is 0 Å². The highest BCUT2D eigenvalue weighted by atomic mass is 32.2. The summed E-state index contributed by atoms with van der Waals surface area (Å²) in [6, 6.07) is 0. The molecule has 0 unspecified atom stereocenters. The molecule has 0 fully saturated rings. The lowest BCUT2D eigenvalue weighted by atomic mass is 10.1. The van der Waals surface area contributed by atoms with Crippen LogP contribution in [0.15, 0.2) is 12.7 Å². The number of thiocarbonyl (C=S) groups is 1. The summed E-state index contributed by atoms with van der Waals surface area (Å²) in [4.78, 5) is 3.87. The van der Waals surface area contributed by atoms with Crippen molar-refractivity contribution in [2.24, 2.45) is 0 Å². The van der Waals surface area contributed by atoms with Gasteiger partial charge >= 0.3 is 0 Å². The second kappa shape index (κ2) is 8.70. The molecule has 0 saturated carbocycles. The molecule has 1 aromatic rings. The molecule has 0 aliphatic rings. The third kappa shape index (κ3) is 5.61. The number of nitrogens with zero attached hydrogens (tertiary/aromatic N) is 3. The molecule has 0 atom stereocenters. The highest BCUT2D eigenvalue weighted by molar-refractivity contribution is 8.23. The Morgan fingerprint density at radius 2 is 2.00 bits per heavy atom. The highest BCUT2D eigenvalue weighted by Crippen LogP contribution is 2.11. The number of thioether (sulfide) groups is 1. The molecule has 1 rings (SSSR count). The van der Waals surface area contributed by atoms with E-state index in [1.165, 1.54) is 44.9 Å². The molecule has 90 valence electrons. The van der Waals surface area contributed by atoms with E-state index in [9.17, 15) is 0 Å². The summed E-state index contributed by atoms with van der Waals surface area (Å²) in [6.07, 6.45) is 11.1. The summed E-state index contributed by atoms with van der Waals surface area (Å²) in [6.45, 7) is 2.24. The van der Waals surface area contributed by atoms with Gasteiger partial charge in [0.05, 0.1) is 0 Å². The van der Waals surface area contributed by atoms with E-state index in [4.69, 9.17) is 12.2 Å². The van der Waals surface area contributed by atoms with Crippen molar-refractivity contribution >= 4 is 28.3 Å². The Balaban J connectivity index is 1.97. The molecular formula is C11H19N3S2. The second-order valence-electron chi connectivity index (χ2n) is 3.72. The van der Waals surface area contributed by atoms with Gasteiger partial charge in [-0.15, -0.1) is 0 Å². The average molecular weight is 257 g/mol. The van der Waals surface area contributed by atoms with E-state index in [0.29, 0.717) is 0 Å². The molecule has 0 aliphatic carbocycles. The van der Waals surface area contributed by atoms with Crippen molar-refractivity contribution in [3.05, 3.63) is 12.7 Å². The molecule has 16 heavy (non-hydrogen) atoms. The summed E-state index contributed by atoms with van der Waals surface area (Å²) in [5.74, 6) is 1.09. The molecule has 3 nitrogen and oxygen atoms in total. The summed E-state index contributed by atoms with van der Waals surface area (Å²) in [5, 5.41) is 4.00. The monoisotopic (exact) mass is 257 g/mol. The van der Waals surface area contributed by atoms with Gasteiger partial charge in [0.1, 0.15) is 12.7 Å². The Morgan fingerprint density at radius 1 is 1.25 bits per heavy atom. The fraction of sp³-hybridized carbons (Fsp3) is 0.727. The van der Waals surface area contributed by atoms with Crippen LogP contribution in [0.1, 0.15) is 45.4 Å². The summed E-state index contributed by atoms with van der Waals surface area (Å²) in [5.41, 5.74) is 0. The number of hydrogen-bond donors (Lipinski definition) is 0. The second-order valence-corrected chi connectivity index (χ2v) is 5.45. The Hall–Kier alpha value is -0.420. The lowest BCUT2D eigenvalue weighted by Gasteiger charge is -2.02. The predicted molar refractivity (Wildman–Crippen MR) is 73.9 cm³/mol. The van der Waals surface area contributed by atoms with Gasteiger partial charge in [0, 0.05) is 5.75 Å². The molecular weight excluding hydrogens is 238 g/mol. The fourth-order valence-electron chi connectivity index (χ4n) is 1.41. The predicted octanol–water partition coefficient (Wildman–Crippen LogP) is 3.50. The summed E-state index contributed by atoms with van der Waals surface area (Å²) >= 11 is 6.91. The van der Waals surface area contributed by atoms with E-state index in [1.54, 1.807) is 22.8 Å². The highest BCUT2D eigenvalue weighted by Gasteiger charge is 2.00. The van der Waals surface area contributed by atoms with Crippen molar-refractivity contribution in [1.82, 2.24) is 14.8 Å². The number of aromatic nitrogens is 3. The first kappa shape index (κ1) is 13.6. The maximum absolute atomic E-state index is 5.22. The third-order valence-electron chi connectivity index (χ3n) is 2.33. The fourth-order valence-corrected chi connectivity index (χ4v) is 2.50. The molecule has 0 bridgehead atoms. The zero-order valence-electron chi connectivity index (χ0n) is 9.76.